The number of carbonyl (C=O) groups excluding carboxylic acids is 2. The van der Waals surface area contributed by atoms with E-state index in [4.69, 9.17) is 16.3 Å². The highest BCUT2D eigenvalue weighted by Crippen LogP contribution is 2.30. The van der Waals surface area contributed by atoms with E-state index < -0.39 is 6.04 Å². The van der Waals surface area contributed by atoms with E-state index in [2.05, 4.69) is 5.32 Å². The Morgan fingerprint density at radius 1 is 1.52 bits per heavy atom. The summed E-state index contributed by atoms with van der Waals surface area (Å²) in [4.78, 5) is 28.0. The van der Waals surface area contributed by atoms with Crippen LogP contribution >= 0.6 is 11.6 Å². The topological polar surface area (TPSA) is 61.9 Å². The second kappa shape index (κ2) is 7.66. The van der Waals surface area contributed by atoms with Crippen molar-refractivity contribution in [3.05, 3.63) is 29.3 Å². The van der Waals surface area contributed by atoms with Gasteiger partial charge in [-0.25, -0.2) is 4.79 Å². The summed E-state index contributed by atoms with van der Waals surface area (Å²) in [7, 11) is 3.21. The molecule has 7 heteroatoms. The lowest BCUT2D eigenvalue weighted by molar-refractivity contribution is -0.120. The van der Waals surface area contributed by atoms with Crippen LogP contribution in [0.25, 0.3) is 0 Å². The second-order valence-electron chi connectivity index (χ2n) is 5.66. The molecule has 1 N–H and O–H groups in total. The molecule has 2 atom stereocenters. The van der Waals surface area contributed by atoms with Crippen LogP contribution in [-0.2, 0) is 9.53 Å². The zero-order valence-corrected chi connectivity index (χ0v) is 14.3. The minimum absolute atomic E-state index is 0.116. The van der Waals surface area contributed by atoms with E-state index >= 15 is 0 Å². The third kappa shape index (κ3) is 3.95. The zero-order chi connectivity index (χ0) is 17.0. The highest BCUT2D eigenvalue weighted by Gasteiger charge is 2.37. The Labute approximate surface area is 141 Å². The molecule has 1 aliphatic heterocycles. The van der Waals surface area contributed by atoms with Gasteiger partial charge >= 0.3 is 6.03 Å². The quantitative estimate of drug-likeness (QED) is 0.893. The van der Waals surface area contributed by atoms with E-state index in [1.54, 1.807) is 25.1 Å². The van der Waals surface area contributed by atoms with E-state index in [0.29, 0.717) is 30.3 Å². The normalized spacial score (nSPS) is 18.9. The van der Waals surface area contributed by atoms with Crippen LogP contribution in [0.1, 0.15) is 13.3 Å². The Balaban J connectivity index is 2.04. The van der Waals surface area contributed by atoms with Crippen molar-refractivity contribution in [1.82, 2.24) is 10.2 Å². The minimum Gasteiger partial charge on any atom is -0.383 e. The molecule has 6 nitrogen and oxygen atoms in total. The van der Waals surface area contributed by atoms with Crippen molar-refractivity contribution in [3.8, 4) is 0 Å². The first-order valence-corrected chi connectivity index (χ1v) is 7.91. The van der Waals surface area contributed by atoms with Crippen molar-refractivity contribution in [3.63, 3.8) is 0 Å². The van der Waals surface area contributed by atoms with Crippen LogP contribution < -0.4 is 10.2 Å². The van der Waals surface area contributed by atoms with Gasteiger partial charge in [0.25, 0.3) is 0 Å². The van der Waals surface area contributed by atoms with Gasteiger partial charge in [-0.1, -0.05) is 23.7 Å². The molecule has 1 aliphatic rings. The van der Waals surface area contributed by atoms with Gasteiger partial charge in [0.15, 0.2) is 0 Å². The van der Waals surface area contributed by atoms with Crippen LogP contribution in [-0.4, -0.2) is 56.2 Å². The van der Waals surface area contributed by atoms with Crippen molar-refractivity contribution in [2.75, 3.05) is 32.2 Å². The molecule has 23 heavy (non-hydrogen) atoms. The van der Waals surface area contributed by atoms with Crippen LogP contribution in [0.2, 0.25) is 5.02 Å². The number of rotatable bonds is 5. The molecule has 1 saturated heterocycles. The molecule has 1 heterocycles. The maximum absolute atomic E-state index is 12.6. The van der Waals surface area contributed by atoms with Gasteiger partial charge in [-0.2, -0.15) is 0 Å². The summed E-state index contributed by atoms with van der Waals surface area (Å²) in [6, 6.07) is 6.33. The second-order valence-corrected chi connectivity index (χ2v) is 6.07. The molecule has 0 bridgehead atoms. The molecule has 0 spiro atoms. The summed E-state index contributed by atoms with van der Waals surface area (Å²) in [6.07, 6.45) is 0.576. The molecule has 2 rings (SSSR count). The van der Waals surface area contributed by atoms with Gasteiger partial charge in [0.05, 0.1) is 23.4 Å². The number of likely N-dealkylation sites (N-methyl/N-ethyl adjacent to an activating group) is 1. The molecule has 1 aromatic carbocycles. The maximum atomic E-state index is 12.6. The number of anilines is 1. The number of amides is 3. The molecule has 126 valence electrons. The van der Waals surface area contributed by atoms with E-state index in [0.717, 1.165) is 0 Å². The summed E-state index contributed by atoms with van der Waals surface area (Å²) in [5.41, 5.74) is 0.684. The predicted octanol–water partition coefficient (Wildman–Crippen LogP) is 2.12. The lowest BCUT2D eigenvalue weighted by Gasteiger charge is -2.26. The molecule has 0 aromatic heterocycles. The van der Waals surface area contributed by atoms with Crippen molar-refractivity contribution < 1.29 is 14.3 Å². The lowest BCUT2D eigenvalue weighted by atomic mass is 10.2. The van der Waals surface area contributed by atoms with Crippen LogP contribution in [0.4, 0.5) is 10.5 Å². The maximum Gasteiger partial charge on any atom is 0.318 e. The number of nitrogens with one attached hydrogen (secondary N) is 1. The fourth-order valence-electron chi connectivity index (χ4n) is 2.68. The van der Waals surface area contributed by atoms with Gasteiger partial charge in [0.2, 0.25) is 5.91 Å². The third-order valence-electron chi connectivity index (χ3n) is 3.89. The number of para-hydroxylation sites is 1. The zero-order valence-electron chi connectivity index (χ0n) is 13.6. The Hall–Kier alpha value is -1.79. The van der Waals surface area contributed by atoms with Crippen LogP contribution in [0.3, 0.4) is 0 Å². The Morgan fingerprint density at radius 2 is 2.22 bits per heavy atom. The van der Waals surface area contributed by atoms with Crippen LogP contribution in [0, 0.1) is 0 Å². The molecule has 0 radical (unpaired) electrons. The molecule has 1 fully saturated rings. The molecule has 3 amide bonds. The average Bonchev–Trinajstić information content (AvgIpc) is 2.88. The molecule has 0 aliphatic carbocycles. The first-order valence-electron chi connectivity index (χ1n) is 7.54. The first kappa shape index (κ1) is 17.6. The van der Waals surface area contributed by atoms with Crippen molar-refractivity contribution in [1.29, 1.82) is 0 Å². The van der Waals surface area contributed by atoms with E-state index in [9.17, 15) is 9.59 Å². The van der Waals surface area contributed by atoms with E-state index in [1.807, 2.05) is 25.1 Å². The van der Waals surface area contributed by atoms with Gasteiger partial charge in [-0.05, 0) is 25.5 Å². The summed E-state index contributed by atoms with van der Waals surface area (Å²) < 4.78 is 5.00. The Bertz CT molecular complexity index is 581. The fraction of sp³-hybridized carbons (Fsp3) is 0.500. The van der Waals surface area contributed by atoms with Crippen molar-refractivity contribution in [2.45, 2.75) is 25.4 Å². The van der Waals surface area contributed by atoms with Gasteiger partial charge < -0.3 is 19.9 Å². The molecule has 0 unspecified atom stereocenters. The van der Waals surface area contributed by atoms with Crippen LogP contribution in [0.5, 0.6) is 0 Å². The average molecular weight is 340 g/mol. The first-order chi connectivity index (χ1) is 11.0. The Kier molecular flexibility index (Phi) is 5.85. The van der Waals surface area contributed by atoms with E-state index in [1.165, 1.54) is 4.90 Å². The highest BCUT2D eigenvalue weighted by atomic mass is 35.5. The lowest BCUT2D eigenvalue weighted by Crippen LogP contribution is -2.50. The monoisotopic (exact) mass is 339 g/mol. The van der Waals surface area contributed by atoms with Crippen LogP contribution in [0.15, 0.2) is 24.3 Å². The summed E-state index contributed by atoms with van der Waals surface area (Å²) in [6.45, 7) is 2.81. The number of ether oxygens (including phenoxy) is 1. The molecular formula is C16H22ClN3O3. The largest absolute Gasteiger partial charge is 0.383 e. The van der Waals surface area contributed by atoms with Gasteiger partial charge in [-0.15, -0.1) is 0 Å². The number of hydrogen-bond donors (Lipinski definition) is 1. The highest BCUT2D eigenvalue weighted by molar-refractivity contribution is 6.34. The summed E-state index contributed by atoms with van der Waals surface area (Å²) in [5, 5.41) is 3.34. The SMILES string of the molecule is COC[C@H](C)NC(=O)N(C)[C@H]1CCN(c2ccccc2Cl)C1=O. The van der Waals surface area contributed by atoms with Gasteiger partial charge in [-0.3, -0.25) is 4.79 Å². The van der Waals surface area contributed by atoms with Crippen molar-refractivity contribution in [2.24, 2.45) is 0 Å². The number of benzene rings is 1. The summed E-state index contributed by atoms with van der Waals surface area (Å²) >= 11 is 6.16. The number of nitrogens with zero attached hydrogens (tertiary/aromatic N) is 2. The number of halogens is 1. The number of carbonyl (C=O) groups is 2. The smallest absolute Gasteiger partial charge is 0.318 e. The van der Waals surface area contributed by atoms with Gasteiger partial charge in [0, 0.05) is 20.7 Å². The summed E-state index contributed by atoms with van der Waals surface area (Å²) in [5.74, 6) is -0.116. The Morgan fingerprint density at radius 3 is 2.87 bits per heavy atom. The fourth-order valence-corrected chi connectivity index (χ4v) is 2.92. The minimum atomic E-state index is -0.485. The molecular weight excluding hydrogens is 318 g/mol. The molecule has 0 saturated carbocycles. The van der Waals surface area contributed by atoms with E-state index in [-0.39, 0.29) is 18.0 Å². The number of hydrogen-bond acceptors (Lipinski definition) is 3. The predicted molar refractivity (Wildman–Crippen MR) is 89.8 cm³/mol. The standard InChI is InChI=1S/C16H22ClN3O3/c1-11(10-23-3)18-16(22)19(2)14-8-9-20(15(14)21)13-7-5-4-6-12(13)17/h4-7,11,14H,8-10H2,1-3H3,(H,18,22)/t11-,14-/m0/s1. The van der Waals surface area contributed by atoms with Crippen molar-refractivity contribution >= 4 is 29.2 Å². The molecule has 1 aromatic rings. The third-order valence-corrected chi connectivity index (χ3v) is 4.21. The van der Waals surface area contributed by atoms with Gasteiger partial charge in [0.1, 0.15) is 6.04 Å². The number of methoxy groups -OCH3 is 1. The number of urea groups is 1.